The molecule has 4 rings (SSSR count). The summed E-state index contributed by atoms with van der Waals surface area (Å²) >= 11 is 0. The molecule has 1 fully saturated rings. The van der Waals surface area contributed by atoms with E-state index < -0.39 is 30.0 Å². The number of hydrogen-bond acceptors (Lipinski definition) is 4. The van der Waals surface area contributed by atoms with E-state index in [0.717, 1.165) is 21.6 Å². The van der Waals surface area contributed by atoms with Crippen LogP contribution >= 0.6 is 0 Å². The van der Waals surface area contributed by atoms with Crippen LogP contribution in [0.25, 0.3) is 0 Å². The number of benzene rings is 2. The summed E-state index contributed by atoms with van der Waals surface area (Å²) in [7, 11) is 0. The Morgan fingerprint density at radius 2 is 2.00 bits per heavy atom. The van der Waals surface area contributed by atoms with Gasteiger partial charge in [0.15, 0.2) is 0 Å². The summed E-state index contributed by atoms with van der Waals surface area (Å²) in [6, 6.07) is 14.0. The number of amides is 3. The zero-order chi connectivity index (χ0) is 18.3. The number of nitrogens with one attached hydrogen (secondary N) is 1. The minimum Gasteiger partial charge on any atom is -0.425 e. The van der Waals surface area contributed by atoms with E-state index in [0.29, 0.717) is 18.6 Å². The number of nitrogens with zero attached hydrogens (tertiary/aromatic N) is 1. The van der Waals surface area contributed by atoms with E-state index in [1.807, 2.05) is 37.3 Å². The highest BCUT2D eigenvalue weighted by Crippen LogP contribution is 2.41. The molecule has 1 N–H and O–H groups in total. The fourth-order valence-electron chi connectivity index (χ4n) is 3.70. The summed E-state index contributed by atoms with van der Waals surface area (Å²) in [6.45, 7) is 1.47. The molecule has 0 bridgehead atoms. The number of imide groups is 1. The summed E-state index contributed by atoms with van der Waals surface area (Å²) in [6.07, 6.45) is 1.21. The normalized spacial score (nSPS) is 21.0. The van der Waals surface area contributed by atoms with Crippen molar-refractivity contribution in [3.63, 3.8) is 0 Å². The van der Waals surface area contributed by atoms with E-state index >= 15 is 0 Å². The van der Waals surface area contributed by atoms with Crippen molar-refractivity contribution in [2.24, 2.45) is 0 Å². The van der Waals surface area contributed by atoms with Gasteiger partial charge in [-0.3, -0.25) is 9.69 Å². The Labute approximate surface area is 150 Å². The first-order valence-electron chi connectivity index (χ1n) is 8.49. The molecule has 6 nitrogen and oxygen atoms in total. The van der Waals surface area contributed by atoms with Crippen LogP contribution in [0.5, 0.6) is 5.75 Å². The van der Waals surface area contributed by atoms with E-state index in [-0.39, 0.29) is 0 Å². The van der Waals surface area contributed by atoms with Crippen molar-refractivity contribution in [2.45, 2.75) is 25.3 Å². The van der Waals surface area contributed by atoms with E-state index in [4.69, 9.17) is 4.74 Å². The van der Waals surface area contributed by atoms with Crippen LogP contribution in [0.1, 0.15) is 23.1 Å². The lowest BCUT2D eigenvalue weighted by Crippen LogP contribution is -2.42. The fraction of sp³-hybridized carbons (Fsp3) is 0.250. The number of carbonyl (C=O) groups is 3. The number of fused-ring (bicyclic) bond motifs is 2. The standard InChI is InChI=1S/C20H18N2O4/c1-13-5-4-7-15(11-13)26-17(23)12-22-18(24)20(21-19(22)25)10-9-14-6-2-3-8-16(14)20/h2-8,11H,9-10,12H2,1H3,(H,21,25). The number of hydrogen-bond donors (Lipinski definition) is 1. The van der Waals surface area contributed by atoms with Gasteiger partial charge in [0.2, 0.25) is 0 Å². The van der Waals surface area contributed by atoms with Crippen molar-refractivity contribution in [3.05, 3.63) is 65.2 Å². The molecule has 26 heavy (non-hydrogen) atoms. The first kappa shape index (κ1) is 16.3. The van der Waals surface area contributed by atoms with Gasteiger partial charge >= 0.3 is 12.0 Å². The van der Waals surface area contributed by atoms with Gasteiger partial charge in [-0.05, 0) is 48.6 Å². The molecular formula is C20H18N2O4. The zero-order valence-electron chi connectivity index (χ0n) is 14.3. The number of aryl methyl sites for hydroxylation is 2. The van der Waals surface area contributed by atoms with Gasteiger partial charge in [0.05, 0.1) is 0 Å². The van der Waals surface area contributed by atoms with Crippen molar-refractivity contribution in [3.8, 4) is 5.75 Å². The summed E-state index contributed by atoms with van der Waals surface area (Å²) in [5.74, 6) is -0.654. The monoisotopic (exact) mass is 350 g/mol. The molecule has 0 radical (unpaired) electrons. The predicted molar refractivity (Wildman–Crippen MR) is 93.5 cm³/mol. The van der Waals surface area contributed by atoms with Gasteiger partial charge in [0, 0.05) is 0 Å². The Kier molecular flexibility index (Phi) is 3.76. The zero-order valence-corrected chi connectivity index (χ0v) is 14.3. The highest BCUT2D eigenvalue weighted by Gasteiger charge is 2.55. The molecule has 0 aromatic heterocycles. The Hall–Kier alpha value is -3.15. The van der Waals surface area contributed by atoms with Crippen molar-refractivity contribution in [2.75, 3.05) is 6.54 Å². The van der Waals surface area contributed by atoms with Crippen LogP contribution in [0.15, 0.2) is 48.5 Å². The van der Waals surface area contributed by atoms with Crippen molar-refractivity contribution in [1.29, 1.82) is 0 Å². The molecule has 1 aliphatic carbocycles. The van der Waals surface area contributed by atoms with E-state index in [9.17, 15) is 14.4 Å². The lowest BCUT2D eigenvalue weighted by molar-refractivity contribution is -0.141. The number of urea groups is 1. The number of ether oxygens (including phenoxy) is 1. The molecule has 2 aromatic carbocycles. The summed E-state index contributed by atoms with van der Waals surface area (Å²) < 4.78 is 5.26. The van der Waals surface area contributed by atoms with Gasteiger partial charge in [-0.2, -0.15) is 0 Å². The largest absolute Gasteiger partial charge is 0.425 e. The second-order valence-corrected chi connectivity index (χ2v) is 6.67. The summed E-state index contributed by atoms with van der Waals surface area (Å²) in [5, 5.41) is 2.79. The molecule has 3 amide bonds. The molecule has 6 heteroatoms. The maximum atomic E-state index is 13.0. The minimum absolute atomic E-state index is 0.392. The molecule has 1 saturated heterocycles. The number of rotatable bonds is 3. The predicted octanol–water partition coefficient (Wildman–Crippen LogP) is 2.29. The van der Waals surface area contributed by atoms with Crippen LogP contribution in [0, 0.1) is 6.92 Å². The first-order valence-corrected chi connectivity index (χ1v) is 8.49. The maximum Gasteiger partial charge on any atom is 0.331 e. The lowest BCUT2D eigenvalue weighted by Gasteiger charge is -2.22. The fourth-order valence-corrected chi connectivity index (χ4v) is 3.70. The van der Waals surface area contributed by atoms with Crippen LogP contribution in [-0.4, -0.2) is 29.4 Å². The average Bonchev–Trinajstić information content (AvgIpc) is 3.09. The van der Waals surface area contributed by atoms with Crippen LogP contribution in [0.3, 0.4) is 0 Å². The lowest BCUT2D eigenvalue weighted by atomic mass is 9.92. The SMILES string of the molecule is Cc1cccc(OC(=O)CN2C(=O)NC3(CCc4ccccc43)C2=O)c1. The number of carbonyl (C=O) groups excluding carboxylic acids is 3. The van der Waals surface area contributed by atoms with Gasteiger partial charge in [0.25, 0.3) is 5.91 Å². The number of esters is 1. The third-order valence-corrected chi connectivity index (χ3v) is 4.93. The van der Waals surface area contributed by atoms with Crippen molar-refractivity contribution >= 4 is 17.9 Å². The molecule has 132 valence electrons. The average molecular weight is 350 g/mol. The van der Waals surface area contributed by atoms with Crippen LogP contribution in [-0.2, 0) is 21.5 Å². The molecule has 1 atom stereocenters. The Bertz CT molecular complexity index is 924. The molecular weight excluding hydrogens is 332 g/mol. The molecule has 2 aromatic rings. The Balaban J connectivity index is 1.53. The molecule has 1 unspecified atom stereocenters. The third-order valence-electron chi connectivity index (χ3n) is 4.93. The molecule has 0 saturated carbocycles. The van der Waals surface area contributed by atoms with Gasteiger partial charge in [0.1, 0.15) is 17.8 Å². The van der Waals surface area contributed by atoms with Gasteiger partial charge in [-0.15, -0.1) is 0 Å². The van der Waals surface area contributed by atoms with E-state index in [1.165, 1.54) is 0 Å². The van der Waals surface area contributed by atoms with Gasteiger partial charge < -0.3 is 10.1 Å². The second kappa shape index (κ2) is 5.98. The van der Waals surface area contributed by atoms with Gasteiger partial charge in [-0.25, -0.2) is 9.59 Å². The van der Waals surface area contributed by atoms with E-state index in [1.54, 1.807) is 18.2 Å². The van der Waals surface area contributed by atoms with E-state index in [2.05, 4.69) is 5.32 Å². The summed E-state index contributed by atoms with van der Waals surface area (Å²) in [5.41, 5.74) is 1.75. The smallest absolute Gasteiger partial charge is 0.331 e. The Morgan fingerprint density at radius 1 is 1.19 bits per heavy atom. The molecule has 1 spiro atoms. The molecule has 2 aliphatic rings. The first-order chi connectivity index (χ1) is 12.5. The topological polar surface area (TPSA) is 75.7 Å². The summed E-state index contributed by atoms with van der Waals surface area (Å²) in [4.78, 5) is 38.5. The minimum atomic E-state index is -1.06. The Morgan fingerprint density at radius 3 is 2.81 bits per heavy atom. The van der Waals surface area contributed by atoms with Crippen molar-refractivity contribution < 1.29 is 19.1 Å². The molecule has 1 heterocycles. The van der Waals surface area contributed by atoms with Crippen molar-refractivity contribution in [1.82, 2.24) is 10.2 Å². The second-order valence-electron chi connectivity index (χ2n) is 6.67. The maximum absolute atomic E-state index is 13.0. The third kappa shape index (κ3) is 2.54. The highest BCUT2D eigenvalue weighted by molar-refractivity contribution is 6.09. The van der Waals surface area contributed by atoms with Crippen LogP contribution in [0.4, 0.5) is 4.79 Å². The molecule has 1 aliphatic heterocycles. The quantitative estimate of drug-likeness (QED) is 0.524. The van der Waals surface area contributed by atoms with Crippen LogP contribution < -0.4 is 10.1 Å². The van der Waals surface area contributed by atoms with Crippen LogP contribution in [0.2, 0.25) is 0 Å². The highest BCUT2D eigenvalue weighted by atomic mass is 16.5. The van der Waals surface area contributed by atoms with Gasteiger partial charge in [-0.1, -0.05) is 36.4 Å².